The summed E-state index contributed by atoms with van der Waals surface area (Å²) in [6.45, 7) is 7.05. The quantitative estimate of drug-likeness (QED) is 0.900. The molecule has 0 aromatic carbocycles. The van der Waals surface area contributed by atoms with Gasteiger partial charge in [-0.15, -0.1) is 0 Å². The largest absolute Gasteiger partial charge is 0.450 e. The summed E-state index contributed by atoms with van der Waals surface area (Å²) in [4.78, 5) is 24.1. The second-order valence-electron chi connectivity index (χ2n) is 4.98. The van der Waals surface area contributed by atoms with Crippen LogP contribution in [-0.2, 0) is 11.2 Å². The Balaban J connectivity index is 2.05. The van der Waals surface area contributed by atoms with Crippen molar-refractivity contribution < 1.29 is 9.53 Å². The predicted octanol–water partition coefficient (Wildman–Crippen LogP) is 1.29. The summed E-state index contributed by atoms with van der Waals surface area (Å²) in [5.41, 5.74) is 6.97. The highest BCUT2D eigenvalue weighted by molar-refractivity contribution is 5.68. The number of carbonyl (C=O) groups is 1. The lowest BCUT2D eigenvalue weighted by Crippen LogP contribution is -2.49. The number of rotatable bonds is 4. The zero-order valence-electron chi connectivity index (χ0n) is 12.7. The van der Waals surface area contributed by atoms with Gasteiger partial charge in [-0.25, -0.2) is 14.8 Å². The third-order valence-electron chi connectivity index (χ3n) is 3.56. The number of nitrogen functional groups attached to an aromatic ring is 1. The summed E-state index contributed by atoms with van der Waals surface area (Å²) in [7, 11) is 0. The molecule has 1 amide bonds. The molecule has 0 unspecified atom stereocenters. The van der Waals surface area contributed by atoms with E-state index >= 15 is 0 Å². The maximum atomic E-state index is 11.7. The molecule has 0 atom stereocenters. The number of nitrogens with zero attached hydrogens (tertiary/aromatic N) is 4. The first-order valence-electron chi connectivity index (χ1n) is 7.43. The standard InChI is InChI=1S/C14H23N5O2/c1-3-5-11-12(15)16-10-17-13(11)18-6-8-19(9-7-18)14(20)21-4-2/h10H,3-9H2,1-2H3,(H2,15,16,17). The van der Waals surface area contributed by atoms with Crippen molar-refractivity contribution in [1.29, 1.82) is 0 Å². The number of carbonyl (C=O) groups excluding carboxylic acids is 1. The minimum atomic E-state index is -0.242. The van der Waals surface area contributed by atoms with Crippen LogP contribution in [0, 0.1) is 0 Å². The molecular formula is C14H23N5O2. The van der Waals surface area contributed by atoms with E-state index in [0.29, 0.717) is 25.5 Å². The fourth-order valence-electron chi connectivity index (χ4n) is 2.49. The van der Waals surface area contributed by atoms with Gasteiger partial charge in [-0.2, -0.15) is 0 Å². The van der Waals surface area contributed by atoms with Crippen LogP contribution < -0.4 is 10.6 Å². The molecule has 2 heterocycles. The lowest BCUT2D eigenvalue weighted by Gasteiger charge is -2.35. The predicted molar refractivity (Wildman–Crippen MR) is 81.2 cm³/mol. The van der Waals surface area contributed by atoms with Crippen molar-refractivity contribution in [2.24, 2.45) is 0 Å². The van der Waals surface area contributed by atoms with Crippen molar-refractivity contribution in [3.05, 3.63) is 11.9 Å². The summed E-state index contributed by atoms with van der Waals surface area (Å²) in [5, 5.41) is 0. The molecule has 1 saturated heterocycles. The first-order valence-corrected chi connectivity index (χ1v) is 7.43. The summed E-state index contributed by atoms with van der Waals surface area (Å²) >= 11 is 0. The highest BCUT2D eigenvalue weighted by atomic mass is 16.6. The van der Waals surface area contributed by atoms with E-state index in [1.165, 1.54) is 6.33 Å². The Morgan fingerprint density at radius 2 is 2.00 bits per heavy atom. The average molecular weight is 293 g/mol. The smallest absolute Gasteiger partial charge is 0.409 e. The normalized spacial score (nSPS) is 15.1. The van der Waals surface area contributed by atoms with Gasteiger partial charge in [-0.05, 0) is 13.3 Å². The number of hydrogen-bond donors (Lipinski definition) is 1. The van der Waals surface area contributed by atoms with Gasteiger partial charge in [0, 0.05) is 31.7 Å². The van der Waals surface area contributed by atoms with Crippen molar-refractivity contribution in [2.45, 2.75) is 26.7 Å². The van der Waals surface area contributed by atoms with E-state index in [1.807, 2.05) is 6.92 Å². The number of aromatic nitrogens is 2. The Morgan fingerprint density at radius 3 is 2.62 bits per heavy atom. The molecular weight excluding hydrogens is 270 g/mol. The Hall–Kier alpha value is -2.05. The van der Waals surface area contributed by atoms with Crippen LogP contribution >= 0.6 is 0 Å². The number of amides is 1. The molecule has 0 saturated carbocycles. The monoisotopic (exact) mass is 293 g/mol. The number of nitrogens with two attached hydrogens (primary N) is 1. The van der Waals surface area contributed by atoms with Gasteiger partial charge < -0.3 is 20.3 Å². The first kappa shape index (κ1) is 15.3. The summed E-state index contributed by atoms with van der Waals surface area (Å²) < 4.78 is 5.03. The van der Waals surface area contributed by atoms with E-state index in [0.717, 1.165) is 37.3 Å². The van der Waals surface area contributed by atoms with E-state index in [9.17, 15) is 4.79 Å². The molecule has 116 valence electrons. The molecule has 1 fully saturated rings. The first-order chi connectivity index (χ1) is 10.2. The van der Waals surface area contributed by atoms with Crippen LogP contribution in [0.3, 0.4) is 0 Å². The minimum Gasteiger partial charge on any atom is -0.450 e. The van der Waals surface area contributed by atoms with Crippen LogP contribution in [0.4, 0.5) is 16.4 Å². The molecule has 21 heavy (non-hydrogen) atoms. The molecule has 2 N–H and O–H groups in total. The fraction of sp³-hybridized carbons (Fsp3) is 0.643. The van der Waals surface area contributed by atoms with Gasteiger partial charge in [-0.3, -0.25) is 0 Å². The summed E-state index contributed by atoms with van der Waals surface area (Å²) in [6, 6.07) is 0. The molecule has 0 spiro atoms. The summed E-state index contributed by atoms with van der Waals surface area (Å²) in [6.07, 6.45) is 3.11. The summed E-state index contributed by atoms with van der Waals surface area (Å²) in [5.74, 6) is 1.45. The maximum absolute atomic E-state index is 11.7. The van der Waals surface area contributed by atoms with Crippen LogP contribution in [0.1, 0.15) is 25.8 Å². The number of anilines is 2. The number of ether oxygens (including phenoxy) is 1. The maximum Gasteiger partial charge on any atom is 0.409 e. The molecule has 0 aliphatic carbocycles. The third-order valence-corrected chi connectivity index (χ3v) is 3.56. The van der Waals surface area contributed by atoms with Crippen molar-refractivity contribution >= 4 is 17.7 Å². The second-order valence-corrected chi connectivity index (χ2v) is 4.98. The molecule has 1 aromatic heterocycles. The molecule has 0 bridgehead atoms. The van der Waals surface area contributed by atoms with Crippen LogP contribution in [0.25, 0.3) is 0 Å². The molecule has 1 aromatic rings. The van der Waals surface area contributed by atoms with Gasteiger partial charge in [0.1, 0.15) is 18.0 Å². The Bertz CT molecular complexity index is 486. The van der Waals surface area contributed by atoms with Crippen LogP contribution in [0.15, 0.2) is 6.33 Å². The molecule has 2 rings (SSSR count). The Labute approximate surface area is 125 Å². The Morgan fingerprint density at radius 1 is 1.29 bits per heavy atom. The van der Waals surface area contributed by atoms with Crippen molar-refractivity contribution in [1.82, 2.24) is 14.9 Å². The van der Waals surface area contributed by atoms with Crippen molar-refractivity contribution in [2.75, 3.05) is 43.4 Å². The Kier molecular flexibility index (Phi) is 5.19. The number of hydrogen-bond acceptors (Lipinski definition) is 6. The van der Waals surface area contributed by atoms with Crippen molar-refractivity contribution in [3.8, 4) is 0 Å². The van der Waals surface area contributed by atoms with E-state index in [2.05, 4.69) is 21.8 Å². The fourth-order valence-corrected chi connectivity index (χ4v) is 2.49. The lowest BCUT2D eigenvalue weighted by atomic mass is 10.1. The average Bonchev–Trinajstić information content (AvgIpc) is 2.50. The van der Waals surface area contributed by atoms with Gasteiger partial charge in [0.05, 0.1) is 6.61 Å². The van der Waals surface area contributed by atoms with Gasteiger partial charge in [0.2, 0.25) is 0 Å². The van der Waals surface area contributed by atoms with Gasteiger partial charge in [0.15, 0.2) is 0 Å². The lowest BCUT2D eigenvalue weighted by molar-refractivity contribution is 0.105. The molecule has 7 heteroatoms. The van der Waals surface area contributed by atoms with Gasteiger partial charge >= 0.3 is 6.09 Å². The third kappa shape index (κ3) is 3.53. The van der Waals surface area contributed by atoms with Crippen LogP contribution in [-0.4, -0.2) is 53.7 Å². The van der Waals surface area contributed by atoms with Gasteiger partial charge in [-0.1, -0.05) is 13.3 Å². The minimum absolute atomic E-state index is 0.242. The van der Waals surface area contributed by atoms with E-state index < -0.39 is 0 Å². The van der Waals surface area contributed by atoms with Gasteiger partial charge in [0.25, 0.3) is 0 Å². The number of piperazine rings is 1. The zero-order chi connectivity index (χ0) is 15.2. The molecule has 7 nitrogen and oxygen atoms in total. The van der Waals surface area contributed by atoms with E-state index in [4.69, 9.17) is 10.5 Å². The molecule has 0 radical (unpaired) electrons. The zero-order valence-corrected chi connectivity index (χ0v) is 12.7. The topological polar surface area (TPSA) is 84.6 Å². The molecule has 1 aliphatic rings. The molecule has 1 aliphatic heterocycles. The highest BCUT2D eigenvalue weighted by Crippen LogP contribution is 2.24. The SMILES string of the molecule is CCCc1c(N)ncnc1N1CCN(C(=O)OCC)CC1. The van der Waals surface area contributed by atoms with Crippen LogP contribution in [0.2, 0.25) is 0 Å². The van der Waals surface area contributed by atoms with E-state index in [1.54, 1.807) is 4.90 Å². The van der Waals surface area contributed by atoms with Crippen LogP contribution in [0.5, 0.6) is 0 Å². The second kappa shape index (κ2) is 7.10. The van der Waals surface area contributed by atoms with E-state index in [-0.39, 0.29) is 6.09 Å². The van der Waals surface area contributed by atoms with Crippen molar-refractivity contribution in [3.63, 3.8) is 0 Å². The highest BCUT2D eigenvalue weighted by Gasteiger charge is 2.24.